The van der Waals surface area contributed by atoms with Crippen LogP contribution < -0.4 is 4.74 Å². The van der Waals surface area contributed by atoms with Crippen molar-refractivity contribution in [3.63, 3.8) is 0 Å². The molecule has 88 valence electrons. The first-order valence-corrected chi connectivity index (χ1v) is 6.01. The number of thioether (sulfide) groups is 1. The molecule has 1 aromatic heterocycles. The van der Waals surface area contributed by atoms with Gasteiger partial charge in [-0.3, -0.25) is 0 Å². The second-order valence-corrected chi connectivity index (χ2v) is 4.38. The van der Waals surface area contributed by atoms with Gasteiger partial charge in [0.1, 0.15) is 5.69 Å². The van der Waals surface area contributed by atoms with Gasteiger partial charge >= 0.3 is 6.18 Å². The largest absolute Gasteiger partial charge is 0.488 e. The SMILES string of the molecule is CSc1cc(C(F)(F)F)ncc1OC1CC1. The zero-order chi connectivity index (χ0) is 11.8. The second kappa shape index (κ2) is 4.16. The van der Waals surface area contributed by atoms with E-state index < -0.39 is 11.9 Å². The first kappa shape index (κ1) is 11.6. The lowest BCUT2D eigenvalue weighted by Gasteiger charge is -2.11. The molecule has 1 aliphatic carbocycles. The Hall–Kier alpha value is -0.910. The summed E-state index contributed by atoms with van der Waals surface area (Å²) in [6.45, 7) is 0. The van der Waals surface area contributed by atoms with E-state index in [9.17, 15) is 13.2 Å². The molecule has 1 aliphatic rings. The fraction of sp³-hybridized carbons (Fsp3) is 0.500. The van der Waals surface area contributed by atoms with Crippen molar-refractivity contribution in [3.8, 4) is 5.75 Å². The van der Waals surface area contributed by atoms with Crippen LogP contribution in [0.25, 0.3) is 0 Å². The minimum atomic E-state index is -4.40. The summed E-state index contributed by atoms with van der Waals surface area (Å²) in [5.74, 6) is 0.447. The topological polar surface area (TPSA) is 22.1 Å². The van der Waals surface area contributed by atoms with Gasteiger partial charge in [0.05, 0.1) is 17.2 Å². The van der Waals surface area contributed by atoms with Crippen LogP contribution in [0.4, 0.5) is 13.2 Å². The van der Waals surface area contributed by atoms with Crippen LogP contribution in [0.1, 0.15) is 18.5 Å². The summed E-state index contributed by atoms with van der Waals surface area (Å²) in [5.41, 5.74) is -0.875. The summed E-state index contributed by atoms with van der Waals surface area (Å²) in [6, 6.07) is 1.03. The van der Waals surface area contributed by atoms with Crippen LogP contribution >= 0.6 is 11.8 Å². The summed E-state index contributed by atoms with van der Waals surface area (Å²) >= 11 is 1.23. The Kier molecular flexibility index (Phi) is 3.01. The summed E-state index contributed by atoms with van der Waals surface area (Å²) in [7, 11) is 0. The zero-order valence-electron chi connectivity index (χ0n) is 8.54. The van der Waals surface area contributed by atoms with Crippen molar-refractivity contribution >= 4 is 11.8 Å². The highest BCUT2D eigenvalue weighted by Gasteiger charge is 2.33. The molecule has 0 N–H and O–H groups in total. The van der Waals surface area contributed by atoms with Gasteiger partial charge in [-0.25, -0.2) is 4.98 Å². The predicted molar refractivity (Wildman–Crippen MR) is 54.7 cm³/mol. The number of pyridine rings is 1. The highest BCUT2D eigenvalue weighted by molar-refractivity contribution is 7.98. The van der Waals surface area contributed by atoms with E-state index in [4.69, 9.17) is 4.74 Å². The van der Waals surface area contributed by atoms with Crippen molar-refractivity contribution < 1.29 is 17.9 Å². The Morgan fingerprint density at radius 1 is 1.44 bits per heavy atom. The van der Waals surface area contributed by atoms with Crippen LogP contribution in [0.15, 0.2) is 17.2 Å². The zero-order valence-corrected chi connectivity index (χ0v) is 9.36. The first-order chi connectivity index (χ1) is 7.50. The van der Waals surface area contributed by atoms with Crippen LogP contribution in [-0.4, -0.2) is 17.3 Å². The van der Waals surface area contributed by atoms with E-state index in [1.54, 1.807) is 6.26 Å². The fourth-order valence-electron chi connectivity index (χ4n) is 1.19. The average molecular weight is 249 g/mol. The molecule has 6 heteroatoms. The molecule has 0 bridgehead atoms. The summed E-state index contributed by atoms with van der Waals surface area (Å²) < 4.78 is 42.7. The molecule has 1 fully saturated rings. The Labute approximate surface area is 95.2 Å². The normalized spacial score (nSPS) is 16.2. The second-order valence-electron chi connectivity index (χ2n) is 3.54. The van der Waals surface area contributed by atoms with Gasteiger partial charge in [-0.15, -0.1) is 11.8 Å². The third-order valence-corrected chi connectivity index (χ3v) is 2.92. The summed E-state index contributed by atoms with van der Waals surface area (Å²) in [6.07, 6.45) is 0.568. The Balaban J connectivity index is 2.26. The van der Waals surface area contributed by atoms with Crippen molar-refractivity contribution in [2.24, 2.45) is 0 Å². The molecule has 1 aromatic rings. The molecule has 0 radical (unpaired) electrons. The van der Waals surface area contributed by atoms with Gasteiger partial charge in [0.2, 0.25) is 0 Å². The highest BCUT2D eigenvalue weighted by atomic mass is 32.2. The van der Waals surface area contributed by atoms with E-state index >= 15 is 0 Å². The molecule has 16 heavy (non-hydrogen) atoms. The summed E-state index contributed by atoms with van der Waals surface area (Å²) in [4.78, 5) is 3.86. The van der Waals surface area contributed by atoms with Gasteiger partial charge in [0, 0.05) is 0 Å². The molecule has 0 aromatic carbocycles. The molecular formula is C10H10F3NOS. The van der Waals surface area contributed by atoms with Crippen LogP contribution in [-0.2, 0) is 6.18 Å². The Morgan fingerprint density at radius 2 is 2.12 bits per heavy atom. The standard InChI is InChI=1S/C10H10F3NOS/c1-16-8-4-9(10(11,12)13)14-5-7(8)15-6-2-3-6/h4-6H,2-3H2,1H3. The molecule has 2 nitrogen and oxygen atoms in total. The van der Waals surface area contributed by atoms with Crippen molar-refractivity contribution in [3.05, 3.63) is 18.0 Å². The molecule has 1 heterocycles. The highest BCUT2D eigenvalue weighted by Crippen LogP contribution is 2.36. The minimum Gasteiger partial charge on any atom is -0.488 e. The monoisotopic (exact) mass is 249 g/mol. The molecule has 0 unspecified atom stereocenters. The molecule has 2 rings (SSSR count). The Bertz CT molecular complexity index is 390. The lowest BCUT2D eigenvalue weighted by Crippen LogP contribution is -2.09. The molecular weight excluding hydrogens is 239 g/mol. The third kappa shape index (κ3) is 2.61. The van der Waals surface area contributed by atoms with Crippen molar-refractivity contribution in [1.29, 1.82) is 0 Å². The Morgan fingerprint density at radius 3 is 2.62 bits per heavy atom. The smallest absolute Gasteiger partial charge is 0.433 e. The van der Waals surface area contributed by atoms with Gasteiger partial charge < -0.3 is 4.74 Å². The lowest BCUT2D eigenvalue weighted by atomic mass is 10.3. The number of hydrogen-bond acceptors (Lipinski definition) is 3. The molecule has 0 amide bonds. The van der Waals surface area contributed by atoms with Gasteiger partial charge in [0.25, 0.3) is 0 Å². The van der Waals surface area contributed by atoms with Gasteiger partial charge in [-0.1, -0.05) is 0 Å². The number of alkyl halides is 3. The maximum atomic E-state index is 12.4. The summed E-state index contributed by atoms with van der Waals surface area (Å²) in [5, 5.41) is 0. The number of nitrogens with zero attached hydrogens (tertiary/aromatic N) is 1. The minimum absolute atomic E-state index is 0.157. The number of ether oxygens (including phenoxy) is 1. The van der Waals surface area contributed by atoms with Crippen LogP contribution in [0, 0.1) is 0 Å². The molecule has 0 atom stereocenters. The molecule has 0 aliphatic heterocycles. The van der Waals surface area contributed by atoms with Crippen LogP contribution in [0.5, 0.6) is 5.75 Å². The van der Waals surface area contributed by atoms with Crippen LogP contribution in [0.2, 0.25) is 0 Å². The van der Waals surface area contributed by atoms with E-state index in [0.29, 0.717) is 10.6 Å². The van der Waals surface area contributed by atoms with Crippen molar-refractivity contribution in [1.82, 2.24) is 4.98 Å². The van der Waals surface area contributed by atoms with E-state index in [0.717, 1.165) is 25.1 Å². The van der Waals surface area contributed by atoms with Crippen molar-refractivity contribution in [2.75, 3.05) is 6.26 Å². The van der Waals surface area contributed by atoms with E-state index in [1.165, 1.54) is 11.8 Å². The van der Waals surface area contributed by atoms with Gasteiger partial charge in [0.15, 0.2) is 5.75 Å². The van der Waals surface area contributed by atoms with Crippen molar-refractivity contribution in [2.45, 2.75) is 30.0 Å². The third-order valence-electron chi connectivity index (χ3n) is 2.16. The maximum Gasteiger partial charge on any atom is 0.433 e. The predicted octanol–water partition coefficient (Wildman–Crippen LogP) is 3.36. The van der Waals surface area contributed by atoms with Crippen LogP contribution in [0.3, 0.4) is 0 Å². The maximum absolute atomic E-state index is 12.4. The number of halogens is 3. The van der Waals surface area contributed by atoms with E-state index in [2.05, 4.69) is 4.98 Å². The fourth-order valence-corrected chi connectivity index (χ4v) is 1.72. The molecule has 0 spiro atoms. The quantitative estimate of drug-likeness (QED) is 0.767. The number of rotatable bonds is 3. The van der Waals surface area contributed by atoms with Gasteiger partial charge in [-0.05, 0) is 25.2 Å². The van der Waals surface area contributed by atoms with E-state index in [-0.39, 0.29) is 6.10 Å². The lowest BCUT2D eigenvalue weighted by molar-refractivity contribution is -0.141. The number of hydrogen-bond donors (Lipinski definition) is 0. The van der Waals surface area contributed by atoms with E-state index in [1.807, 2.05) is 0 Å². The molecule has 0 saturated heterocycles. The average Bonchev–Trinajstić information content (AvgIpc) is 3.00. The first-order valence-electron chi connectivity index (χ1n) is 4.78. The molecule has 1 saturated carbocycles. The number of aromatic nitrogens is 1. The van der Waals surface area contributed by atoms with Gasteiger partial charge in [-0.2, -0.15) is 13.2 Å².